The fourth-order valence-corrected chi connectivity index (χ4v) is 1.99. The predicted octanol–water partition coefficient (Wildman–Crippen LogP) is 1.22. The molecule has 1 aromatic carbocycles. The Bertz CT molecular complexity index is 614. The molecule has 0 bridgehead atoms. The van der Waals surface area contributed by atoms with Crippen molar-refractivity contribution in [3.05, 3.63) is 48.4 Å². The van der Waals surface area contributed by atoms with Crippen LogP contribution in [0, 0.1) is 5.92 Å². The molecule has 0 unspecified atom stereocenters. The standard InChI is InChI=1S/C15H16N4O2/c20-15(19-9-11-7-17-8-11)12-2-1-3-13(6-12)21-14-10-16-4-5-18-14/h1-6,10-11,17H,7-9H2,(H,19,20). The van der Waals surface area contributed by atoms with E-state index in [1.807, 2.05) is 0 Å². The number of carbonyl (C=O) groups is 1. The van der Waals surface area contributed by atoms with Crippen molar-refractivity contribution >= 4 is 5.91 Å². The molecule has 2 N–H and O–H groups in total. The van der Waals surface area contributed by atoms with Crippen molar-refractivity contribution in [2.45, 2.75) is 0 Å². The molecule has 1 aliphatic rings. The Balaban J connectivity index is 1.63. The first kappa shape index (κ1) is 13.5. The van der Waals surface area contributed by atoms with Crippen LogP contribution in [-0.4, -0.2) is 35.5 Å². The maximum atomic E-state index is 12.1. The number of rotatable bonds is 5. The van der Waals surface area contributed by atoms with E-state index in [1.54, 1.807) is 36.7 Å². The highest BCUT2D eigenvalue weighted by atomic mass is 16.5. The quantitative estimate of drug-likeness (QED) is 0.863. The summed E-state index contributed by atoms with van der Waals surface area (Å²) in [5.74, 6) is 1.41. The second kappa shape index (κ2) is 6.32. The van der Waals surface area contributed by atoms with Crippen LogP contribution in [0.15, 0.2) is 42.9 Å². The number of ether oxygens (including phenoxy) is 1. The molecular formula is C15H16N4O2. The van der Waals surface area contributed by atoms with Gasteiger partial charge in [0, 0.05) is 43.5 Å². The van der Waals surface area contributed by atoms with Gasteiger partial charge >= 0.3 is 0 Å². The van der Waals surface area contributed by atoms with E-state index in [0.29, 0.717) is 29.7 Å². The van der Waals surface area contributed by atoms with E-state index < -0.39 is 0 Å². The minimum atomic E-state index is -0.0912. The largest absolute Gasteiger partial charge is 0.437 e. The summed E-state index contributed by atoms with van der Waals surface area (Å²) in [5.41, 5.74) is 0.573. The van der Waals surface area contributed by atoms with E-state index in [1.165, 1.54) is 6.20 Å². The van der Waals surface area contributed by atoms with Crippen LogP contribution in [0.25, 0.3) is 0 Å². The minimum absolute atomic E-state index is 0.0912. The van der Waals surface area contributed by atoms with Crippen LogP contribution < -0.4 is 15.4 Å². The highest BCUT2D eigenvalue weighted by molar-refractivity contribution is 5.94. The van der Waals surface area contributed by atoms with Crippen molar-refractivity contribution < 1.29 is 9.53 Å². The molecule has 2 heterocycles. The smallest absolute Gasteiger partial charge is 0.251 e. The van der Waals surface area contributed by atoms with Gasteiger partial charge in [-0.05, 0) is 18.2 Å². The lowest BCUT2D eigenvalue weighted by atomic mass is 10.0. The van der Waals surface area contributed by atoms with Gasteiger partial charge in [-0.2, -0.15) is 0 Å². The second-order valence-electron chi connectivity index (χ2n) is 4.91. The Morgan fingerprint density at radius 3 is 3.00 bits per heavy atom. The highest BCUT2D eigenvalue weighted by Crippen LogP contribution is 2.19. The number of amides is 1. The van der Waals surface area contributed by atoms with Gasteiger partial charge in [0.15, 0.2) is 0 Å². The summed E-state index contributed by atoms with van der Waals surface area (Å²) < 4.78 is 5.56. The molecule has 0 saturated carbocycles. The molecule has 1 saturated heterocycles. The maximum Gasteiger partial charge on any atom is 0.251 e. The zero-order chi connectivity index (χ0) is 14.5. The SMILES string of the molecule is O=C(NCC1CNC1)c1cccc(Oc2cnccn2)c1. The lowest BCUT2D eigenvalue weighted by Gasteiger charge is -2.27. The summed E-state index contributed by atoms with van der Waals surface area (Å²) in [6.07, 6.45) is 4.65. The van der Waals surface area contributed by atoms with Gasteiger partial charge in [0.1, 0.15) is 5.75 Å². The topological polar surface area (TPSA) is 76.1 Å². The van der Waals surface area contributed by atoms with E-state index in [-0.39, 0.29) is 5.91 Å². The van der Waals surface area contributed by atoms with Crippen LogP contribution in [0.2, 0.25) is 0 Å². The van der Waals surface area contributed by atoms with Crippen LogP contribution in [0.4, 0.5) is 0 Å². The molecule has 1 fully saturated rings. The van der Waals surface area contributed by atoms with Gasteiger partial charge in [0.2, 0.25) is 5.88 Å². The molecule has 6 heteroatoms. The monoisotopic (exact) mass is 284 g/mol. The van der Waals surface area contributed by atoms with Crippen molar-refractivity contribution in [1.29, 1.82) is 0 Å². The Morgan fingerprint density at radius 2 is 2.29 bits per heavy atom. The normalized spacial score (nSPS) is 14.3. The summed E-state index contributed by atoms with van der Waals surface area (Å²) in [4.78, 5) is 20.0. The zero-order valence-electron chi connectivity index (χ0n) is 11.5. The lowest BCUT2D eigenvalue weighted by Crippen LogP contribution is -2.48. The highest BCUT2D eigenvalue weighted by Gasteiger charge is 2.17. The van der Waals surface area contributed by atoms with Gasteiger partial charge in [0.25, 0.3) is 5.91 Å². The Hall–Kier alpha value is -2.47. The number of hydrogen-bond acceptors (Lipinski definition) is 5. The number of nitrogens with one attached hydrogen (secondary N) is 2. The van der Waals surface area contributed by atoms with E-state index >= 15 is 0 Å². The summed E-state index contributed by atoms with van der Waals surface area (Å²) in [6, 6.07) is 7.02. The van der Waals surface area contributed by atoms with Crippen LogP contribution in [0.3, 0.4) is 0 Å². The van der Waals surface area contributed by atoms with Crippen molar-refractivity contribution in [3.63, 3.8) is 0 Å². The summed E-state index contributed by atoms with van der Waals surface area (Å²) in [5, 5.41) is 6.11. The third-order valence-electron chi connectivity index (χ3n) is 3.28. The third-order valence-corrected chi connectivity index (χ3v) is 3.28. The van der Waals surface area contributed by atoms with Crippen molar-refractivity contribution in [2.24, 2.45) is 5.92 Å². The molecule has 1 aromatic heterocycles. The van der Waals surface area contributed by atoms with E-state index in [4.69, 9.17) is 4.74 Å². The molecule has 6 nitrogen and oxygen atoms in total. The molecule has 108 valence electrons. The maximum absolute atomic E-state index is 12.1. The van der Waals surface area contributed by atoms with Crippen molar-refractivity contribution in [2.75, 3.05) is 19.6 Å². The minimum Gasteiger partial charge on any atom is -0.437 e. The molecule has 2 aromatic rings. The van der Waals surface area contributed by atoms with Crippen LogP contribution in [0.1, 0.15) is 10.4 Å². The first-order chi connectivity index (χ1) is 10.3. The second-order valence-corrected chi connectivity index (χ2v) is 4.91. The Labute approximate surface area is 122 Å². The van der Waals surface area contributed by atoms with Crippen LogP contribution in [0.5, 0.6) is 11.6 Å². The molecule has 1 amide bonds. The number of benzene rings is 1. The number of carbonyl (C=O) groups excluding carboxylic acids is 1. The van der Waals surface area contributed by atoms with E-state index in [2.05, 4.69) is 20.6 Å². The zero-order valence-corrected chi connectivity index (χ0v) is 11.5. The molecule has 0 atom stereocenters. The van der Waals surface area contributed by atoms with Gasteiger partial charge in [0.05, 0.1) is 6.20 Å². The molecule has 0 radical (unpaired) electrons. The average Bonchev–Trinajstić information content (AvgIpc) is 2.47. The number of hydrogen-bond donors (Lipinski definition) is 2. The van der Waals surface area contributed by atoms with Crippen LogP contribution in [-0.2, 0) is 0 Å². The predicted molar refractivity (Wildman–Crippen MR) is 77.2 cm³/mol. The first-order valence-electron chi connectivity index (χ1n) is 6.84. The van der Waals surface area contributed by atoms with Gasteiger partial charge in [-0.25, -0.2) is 4.98 Å². The van der Waals surface area contributed by atoms with E-state index in [0.717, 1.165) is 13.1 Å². The Kier molecular flexibility index (Phi) is 4.07. The summed E-state index contributed by atoms with van der Waals surface area (Å²) in [7, 11) is 0. The molecule has 0 aliphatic carbocycles. The summed E-state index contributed by atoms with van der Waals surface area (Å²) >= 11 is 0. The fraction of sp³-hybridized carbons (Fsp3) is 0.267. The number of nitrogens with zero attached hydrogens (tertiary/aromatic N) is 2. The van der Waals surface area contributed by atoms with Crippen molar-refractivity contribution in [1.82, 2.24) is 20.6 Å². The summed E-state index contributed by atoms with van der Waals surface area (Å²) in [6.45, 7) is 2.63. The molecule has 3 rings (SSSR count). The fourth-order valence-electron chi connectivity index (χ4n) is 1.99. The lowest BCUT2D eigenvalue weighted by molar-refractivity contribution is 0.0942. The molecule has 1 aliphatic heterocycles. The average molecular weight is 284 g/mol. The van der Waals surface area contributed by atoms with Gasteiger partial charge in [-0.15, -0.1) is 0 Å². The van der Waals surface area contributed by atoms with Gasteiger partial charge in [-0.3, -0.25) is 9.78 Å². The van der Waals surface area contributed by atoms with Crippen molar-refractivity contribution in [3.8, 4) is 11.6 Å². The molecule has 0 spiro atoms. The first-order valence-corrected chi connectivity index (χ1v) is 6.84. The van der Waals surface area contributed by atoms with E-state index in [9.17, 15) is 4.79 Å². The van der Waals surface area contributed by atoms with Gasteiger partial charge < -0.3 is 15.4 Å². The van der Waals surface area contributed by atoms with Gasteiger partial charge in [-0.1, -0.05) is 6.07 Å². The third kappa shape index (κ3) is 3.55. The Morgan fingerprint density at radius 1 is 1.38 bits per heavy atom. The number of aromatic nitrogens is 2. The van der Waals surface area contributed by atoms with Crippen LogP contribution >= 0.6 is 0 Å². The molecular weight excluding hydrogens is 268 g/mol. The molecule has 21 heavy (non-hydrogen) atoms.